The van der Waals surface area contributed by atoms with Crippen LogP contribution in [0.1, 0.15) is 52.9 Å². The highest BCUT2D eigenvalue weighted by Gasteiger charge is 2.47. The lowest BCUT2D eigenvalue weighted by Gasteiger charge is -2.51. The number of hydrogen-bond donors (Lipinski definition) is 1. The van der Waals surface area contributed by atoms with E-state index in [9.17, 15) is 0 Å². The van der Waals surface area contributed by atoms with Gasteiger partial charge in [0.05, 0.1) is 0 Å². The van der Waals surface area contributed by atoms with Crippen molar-refractivity contribution in [2.75, 3.05) is 26.3 Å². The van der Waals surface area contributed by atoms with Gasteiger partial charge in [-0.3, -0.25) is 4.90 Å². The average Bonchev–Trinajstić information content (AvgIpc) is 3.32. The van der Waals surface area contributed by atoms with Crippen molar-refractivity contribution >= 4 is 0 Å². The zero-order valence-electron chi connectivity index (χ0n) is 13.5. The second kappa shape index (κ2) is 5.94. The summed E-state index contributed by atoms with van der Waals surface area (Å²) in [5.41, 5.74) is 0.366. The fourth-order valence-electron chi connectivity index (χ4n) is 4.35. The molecule has 1 N–H and O–H groups in total. The van der Waals surface area contributed by atoms with E-state index in [1.54, 1.807) is 0 Å². The maximum absolute atomic E-state index is 5.55. The zero-order chi connectivity index (χ0) is 14.2. The van der Waals surface area contributed by atoms with Crippen molar-refractivity contribution in [3.8, 4) is 0 Å². The van der Waals surface area contributed by atoms with Crippen LogP contribution in [0.25, 0.3) is 0 Å². The average molecular weight is 280 g/mol. The molecule has 20 heavy (non-hydrogen) atoms. The Hall–Kier alpha value is -0.120. The molecule has 2 heterocycles. The monoisotopic (exact) mass is 280 g/mol. The van der Waals surface area contributed by atoms with Crippen LogP contribution in [0.15, 0.2) is 0 Å². The van der Waals surface area contributed by atoms with Gasteiger partial charge in [0.25, 0.3) is 0 Å². The van der Waals surface area contributed by atoms with Crippen molar-refractivity contribution < 1.29 is 4.74 Å². The molecule has 3 heteroatoms. The fraction of sp³-hybridized carbons (Fsp3) is 1.00. The Bertz CT molecular complexity index is 325. The molecule has 3 atom stereocenters. The topological polar surface area (TPSA) is 24.5 Å². The molecular formula is C17H32N2O. The molecule has 0 amide bonds. The van der Waals surface area contributed by atoms with Gasteiger partial charge in [-0.15, -0.1) is 0 Å². The minimum Gasteiger partial charge on any atom is -0.381 e. The fourth-order valence-corrected chi connectivity index (χ4v) is 4.35. The molecule has 0 radical (unpaired) electrons. The molecular weight excluding hydrogens is 248 g/mol. The minimum atomic E-state index is 0.366. The van der Waals surface area contributed by atoms with Gasteiger partial charge in [-0.2, -0.15) is 0 Å². The highest BCUT2D eigenvalue weighted by atomic mass is 16.5. The summed E-state index contributed by atoms with van der Waals surface area (Å²) in [7, 11) is 0. The van der Waals surface area contributed by atoms with Gasteiger partial charge in [-0.1, -0.05) is 6.92 Å². The van der Waals surface area contributed by atoms with Crippen molar-refractivity contribution in [1.29, 1.82) is 0 Å². The van der Waals surface area contributed by atoms with Crippen LogP contribution in [0.4, 0.5) is 0 Å². The van der Waals surface area contributed by atoms with Gasteiger partial charge in [0.15, 0.2) is 0 Å². The Kier molecular flexibility index (Phi) is 4.40. The molecule has 2 saturated heterocycles. The number of nitrogens with one attached hydrogen (secondary N) is 1. The van der Waals surface area contributed by atoms with Crippen LogP contribution in [0.2, 0.25) is 0 Å². The number of ether oxygens (including phenoxy) is 1. The first-order valence-corrected chi connectivity index (χ1v) is 8.72. The summed E-state index contributed by atoms with van der Waals surface area (Å²) in [4.78, 5) is 2.84. The van der Waals surface area contributed by atoms with E-state index < -0.39 is 0 Å². The maximum atomic E-state index is 5.55. The molecule has 3 nitrogen and oxygen atoms in total. The molecule has 0 aromatic carbocycles. The smallest absolute Gasteiger partial charge is 0.0469 e. The molecule has 0 aromatic rings. The molecule has 2 aliphatic heterocycles. The molecule has 3 rings (SSSR count). The number of piperazine rings is 1. The molecule has 3 unspecified atom stereocenters. The molecule has 1 saturated carbocycles. The SMILES string of the molecule is CCC1CNC(C)(C2CC2)CN1C(C)C1CCOCC1. The molecule has 3 aliphatic rings. The van der Waals surface area contributed by atoms with Crippen molar-refractivity contribution in [1.82, 2.24) is 10.2 Å². The van der Waals surface area contributed by atoms with Crippen molar-refractivity contribution in [3.05, 3.63) is 0 Å². The predicted octanol–water partition coefficient (Wildman–Crippen LogP) is 2.65. The lowest BCUT2D eigenvalue weighted by molar-refractivity contribution is -0.0136. The maximum Gasteiger partial charge on any atom is 0.0469 e. The van der Waals surface area contributed by atoms with Gasteiger partial charge in [-0.05, 0) is 57.8 Å². The van der Waals surface area contributed by atoms with Gasteiger partial charge in [0.2, 0.25) is 0 Å². The lowest BCUT2D eigenvalue weighted by atomic mass is 9.85. The summed E-state index contributed by atoms with van der Waals surface area (Å²) >= 11 is 0. The first-order chi connectivity index (χ1) is 9.64. The first kappa shape index (κ1) is 14.8. The van der Waals surface area contributed by atoms with Crippen LogP contribution in [-0.2, 0) is 4.74 Å². The Morgan fingerprint density at radius 1 is 1.25 bits per heavy atom. The van der Waals surface area contributed by atoms with Gasteiger partial charge in [0, 0.05) is 43.9 Å². The first-order valence-electron chi connectivity index (χ1n) is 8.72. The normalized spacial score (nSPS) is 38.9. The largest absolute Gasteiger partial charge is 0.381 e. The molecule has 0 aromatic heterocycles. The summed E-state index contributed by atoms with van der Waals surface area (Å²) in [6.45, 7) is 11.6. The molecule has 0 bridgehead atoms. The highest BCUT2D eigenvalue weighted by Crippen LogP contribution is 2.42. The van der Waals surface area contributed by atoms with Crippen molar-refractivity contribution in [3.63, 3.8) is 0 Å². The lowest BCUT2D eigenvalue weighted by Crippen LogP contribution is -2.66. The van der Waals surface area contributed by atoms with Crippen molar-refractivity contribution in [2.24, 2.45) is 11.8 Å². The highest BCUT2D eigenvalue weighted by molar-refractivity contribution is 5.05. The Labute approximate surface area is 124 Å². The summed E-state index contributed by atoms with van der Waals surface area (Å²) < 4.78 is 5.55. The van der Waals surface area contributed by atoms with Gasteiger partial charge in [-0.25, -0.2) is 0 Å². The molecule has 1 aliphatic carbocycles. The zero-order valence-corrected chi connectivity index (χ0v) is 13.5. The third-order valence-corrected chi connectivity index (χ3v) is 6.14. The van der Waals surface area contributed by atoms with E-state index in [-0.39, 0.29) is 0 Å². The van der Waals surface area contributed by atoms with Crippen LogP contribution in [-0.4, -0.2) is 48.8 Å². The van der Waals surface area contributed by atoms with E-state index in [0.29, 0.717) is 11.6 Å². The molecule has 0 spiro atoms. The van der Waals surface area contributed by atoms with E-state index in [4.69, 9.17) is 4.74 Å². The number of nitrogens with zero attached hydrogens (tertiary/aromatic N) is 1. The van der Waals surface area contributed by atoms with E-state index in [1.165, 1.54) is 45.2 Å². The quantitative estimate of drug-likeness (QED) is 0.857. The third kappa shape index (κ3) is 2.90. The van der Waals surface area contributed by atoms with Gasteiger partial charge in [0.1, 0.15) is 0 Å². The van der Waals surface area contributed by atoms with E-state index >= 15 is 0 Å². The summed E-state index contributed by atoms with van der Waals surface area (Å²) in [5.74, 6) is 1.75. The Morgan fingerprint density at radius 2 is 1.95 bits per heavy atom. The minimum absolute atomic E-state index is 0.366. The molecule has 3 fully saturated rings. The van der Waals surface area contributed by atoms with Crippen molar-refractivity contribution in [2.45, 2.75) is 70.5 Å². The van der Waals surface area contributed by atoms with Gasteiger partial charge >= 0.3 is 0 Å². The molecule has 116 valence electrons. The van der Waals surface area contributed by atoms with E-state index in [2.05, 4.69) is 31.0 Å². The second-order valence-corrected chi connectivity index (χ2v) is 7.50. The summed E-state index contributed by atoms with van der Waals surface area (Å²) in [6.07, 6.45) is 6.63. The Balaban J connectivity index is 1.69. The van der Waals surface area contributed by atoms with Crippen LogP contribution in [0.3, 0.4) is 0 Å². The van der Waals surface area contributed by atoms with E-state index in [1.807, 2.05) is 0 Å². The van der Waals surface area contributed by atoms with Crippen LogP contribution < -0.4 is 5.32 Å². The van der Waals surface area contributed by atoms with Crippen LogP contribution in [0, 0.1) is 11.8 Å². The number of hydrogen-bond acceptors (Lipinski definition) is 3. The van der Waals surface area contributed by atoms with Gasteiger partial charge < -0.3 is 10.1 Å². The predicted molar refractivity (Wildman–Crippen MR) is 82.9 cm³/mol. The Morgan fingerprint density at radius 3 is 2.55 bits per heavy atom. The van der Waals surface area contributed by atoms with Crippen LogP contribution in [0.5, 0.6) is 0 Å². The van der Waals surface area contributed by atoms with E-state index in [0.717, 1.165) is 31.1 Å². The second-order valence-electron chi connectivity index (χ2n) is 7.50. The number of rotatable bonds is 4. The third-order valence-electron chi connectivity index (χ3n) is 6.14. The van der Waals surface area contributed by atoms with Crippen LogP contribution >= 0.6 is 0 Å². The summed E-state index contributed by atoms with van der Waals surface area (Å²) in [6, 6.07) is 1.43. The standard InChI is InChI=1S/C17H32N2O/c1-4-16-11-18-17(3,15-5-6-15)12-19(16)13(2)14-7-9-20-10-8-14/h13-16,18H,4-12H2,1-3H3. The summed E-state index contributed by atoms with van der Waals surface area (Å²) in [5, 5.41) is 3.88.